The molecule has 6 nitrogen and oxygen atoms in total. The standard InChI is InChI=1S/C19H22Cl2N2O4S/c1-4-5-12(2)23-28(25,26)14-7-9-18(27-3)17(11-14)22-19(24)15-8-6-13(20)10-16(15)21/h6-12,23H,4-5H2,1-3H3,(H,22,24)/t12-/m1/s1. The van der Waals surface area contributed by atoms with E-state index >= 15 is 0 Å². The lowest BCUT2D eigenvalue weighted by atomic mass is 10.2. The Morgan fingerprint density at radius 2 is 1.89 bits per heavy atom. The highest BCUT2D eigenvalue weighted by Gasteiger charge is 2.20. The lowest BCUT2D eigenvalue weighted by molar-refractivity contribution is 0.102. The van der Waals surface area contributed by atoms with Gasteiger partial charge in [-0.2, -0.15) is 0 Å². The number of carbonyl (C=O) groups is 1. The Kier molecular flexibility index (Phi) is 7.71. The van der Waals surface area contributed by atoms with Crippen LogP contribution in [0.25, 0.3) is 0 Å². The van der Waals surface area contributed by atoms with E-state index < -0.39 is 15.9 Å². The van der Waals surface area contributed by atoms with Crippen molar-refractivity contribution in [2.75, 3.05) is 12.4 Å². The highest BCUT2D eigenvalue weighted by Crippen LogP contribution is 2.29. The van der Waals surface area contributed by atoms with E-state index in [1.165, 1.54) is 37.4 Å². The minimum Gasteiger partial charge on any atom is -0.495 e. The third-order valence-corrected chi connectivity index (χ3v) is 6.12. The predicted molar refractivity (Wildman–Crippen MR) is 112 cm³/mol. The Hall–Kier alpha value is -1.80. The maximum atomic E-state index is 12.6. The fourth-order valence-electron chi connectivity index (χ4n) is 2.64. The Labute approximate surface area is 175 Å². The molecule has 0 saturated carbocycles. The number of methoxy groups -OCH3 is 1. The predicted octanol–water partition coefficient (Wildman–Crippen LogP) is 4.72. The van der Waals surface area contributed by atoms with Gasteiger partial charge in [-0.1, -0.05) is 36.5 Å². The summed E-state index contributed by atoms with van der Waals surface area (Å²) in [5.74, 6) is -0.194. The largest absolute Gasteiger partial charge is 0.495 e. The molecule has 0 unspecified atom stereocenters. The molecule has 28 heavy (non-hydrogen) atoms. The van der Waals surface area contributed by atoms with E-state index in [4.69, 9.17) is 27.9 Å². The van der Waals surface area contributed by atoms with Gasteiger partial charge in [0.25, 0.3) is 5.91 Å². The van der Waals surface area contributed by atoms with Gasteiger partial charge in [-0.3, -0.25) is 4.79 Å². The summed E-state index contributed by atoms with van der Waals surface area (Å²) >= 11 is 11.9. The Morgan fingerprint density at radius 1 is 1.18 bits per heavy atom. The van der Waals surface area contributed by atoms with E-state index in [1.807, 2.05) is 6.92 Å². The summed E-state index contributed by atoms with van der Waals surface area (Å²) in [4.78, 5) is 12.6. The summed E-state index contributed by atoms with van der Waals surface area (Å²) < 4.78 is 33.1. The zero-order valence-electron chi connectivity index (χ0n) is 15.8. The first-order valence-corrected chi connectivity index (χ1v) is 10.9. The highest BCUT2D eigenvalue weighted by molar-refractivity contribution is 7.89. The third-order valence-electron chi connectivity index (χ3n) is 3.98. The van der Waals surface area contributed by atoms with Crippen LogP contribution >= 0.6 is 23.2 Å². The molecule has 2 rings (SSSR count). The van der Waals surface area contributed by atoms with Crippen molar-refractivity contribution in [3.63, 3.8) is 0 Å². The van der Waals surface area contributed by atoms with Crippen LogP contribution in [0.2, 0.25) is 10.0 Å². The SMILES string of the molecule is CCC[C@@H](C)NS(=O)(=O)c1ccc(OC)c(NC(=O)c2ccc(Cl)cc2Cl)c1. The summed E-state index contributed by atoms with van der Waals surface area (Å²) in [6.07, 6.45) is 1.57. The van der Waals surface area contributed by atoms with Crippen LogP contribution in [0.15, 0.2) is 41.3 Å². The van der Waals surface area contributed by atoms with Crippen molar-refractivity contribution >= 4 is 44.8 Å². The maximum absolute atomic E-state index is 12.6. The second-order valence-electron chi connectivity index (χ2n) is 6.25. The molecule has 152 valence electrons. The van der Waals surface area contributed by atoms with E-state index in [0.717, 1.165) is 6.42 Å². The van der Waals surface area contributed by atoms with E-state index in [9.17, 15) is 13.2 Å². The quantitative estimate of drug-likeness (QED) is 0.616. The van der Waals surface area contributed by atoms with Crippen LogP contribution in [0.3, 0.4) is 0 Å². The molecule has 0 aromatic heterocycles. The van der Waals surface area contributed by atoms with Gasteiger partial charge < -0.3 is 10.1 Å². The van der Waals surface area contributed by atoms with Gasteiger partial charge in [0.2, 0.25) is 10.0 Å². The molecule has 2 N–H and O–H groups in total. The minimum absolute atomic E-state index is 0.0220. The van der Waals surface area contributed by atoms with Gasteiger partial charge >= 0.3 is 0 Å². The van der Waals surface area contributed by atoms with Crippen LogP contribution in [0.5, 0.6) is 5.75 Å². The molecule has 0 aliphatic carbocycles. The van der Waals surface area contributed by atoms with Crippen molar-refractivity contribution in [1.29, 1.82) is 0 Å². The fourth-order valence-corrected chi connectivity index (χ4v) is 4.44. The van der Waals surface area contributed by atoms with E-state index in [0.29, 0.717) is 17.2 Å². The summed E-state index contributed by atoms with van der Waals surface area (Å²) in [5.41, 5.74) is 0.417. The summed E-state index contributed by atoms with van der Waals surface area (Å²) in [7, 11) is -2.32. The number of rotatable bonds is 8. The minimum atomic E-state index is -3.74. The van der Waals surface area contributed by atoms with E-state index in [1.54, 1.807) is 13.0 Å². The second kappa shape index (κ2) is 9.60. The number of amides is 1. The summed E-state index contributed by atoms with van der Waals surface area (Å²) in [6, 6.07) is 8.53. The van der Waals surface area contributed by atoms with Crippen molar-refractivity contribution < 1.29 is 17.9 Å². The number of sulfonamides is 1. The normalized spacial score (nSPS) is 12.5. The first-order valence-electron chi connectivity index (χ1n) is 8.64. The van der Waals surface area contributed by atoms with Crippen molar-refractivity contribution in [2.24, 2.45) is 0 Å². The van der Waals surface area contributed by atoms with E-state index in [2.05, 4.69) is 10.0 Å². The molecule has 2 aromatic carbocycles. The molecule has 1 amide bonds. The van der Waals surface area contributed by atoms with Crippen LogP contribution in [-0.2, 0) is 10.0 Å². The number of hydrogen-bond donors (Lipinski definition) is 2. The zero-order chi connectivity index (χ0) is 20.9. The molecule has 0 aliphatic heterocycles. The number of ether oxygens (including phenoxy) is 1. The lowest BCUT2D eigenvalue weighted by Gasteiger charge is -2.16. The molecule has 0 bridgehead atoms. The number of halogens is 2. The van der Waals surface area contributed by atoms with Gasteiger partial charge in [0.15, 0.2) is 0 Å². The average Bonchev–Trinajstić information content (AvgIpc) is 2.61. The molecular formula is C19H22Cl2N2O4S. The second-order valence-corrected chi connectivity index (χ2v) is 8.81. The molecule has 0 radical (unpaired) electrons. The van der Waals surface area contributed by atoms with Gasteiger partial charge in [-0.25, -0.2) is 13.1 Å². The molecule has 0 fully saturated rings. The van der Waals surface area contributed by atoms with Crippen LogP contribution in [0.1, 0.15) is 37.0 Å². The zero-order valence-corrected chi connectivity index (χ0v) is 18.1. The smallest absolute Gasteiger partial charge is 0.257 e. The van der Waals surface area contributed by atoms with Gasteiger partial charge in [0, 0.05) is 11.1 Å². The van der Waals surface area contributed by atoms with Crippen LogP contribution in [0, 0.1) is 0 Å². The van der Waals surface area contributed by atoms with Crippen molar-refractivity contribution in [3.8, 4) is 5.75 Å². The topological polar surface area (TPSA) is 84.5 Å². The van der Waals surface area contributed by atoms with Crippen molar-refractivity contribution in [1.82, 2.24) is 4.72 Å². The lowest BCUT2D eigenvalue weighted by Crippen LogP contribution is -2.32. The van der Waals surface area contributed by atoms with Gasteiger partial charge in [0.1, 0.15) is 5.75 Å². The van der Waals surface area contributed by atoms with Crippen LogP contribution < -0.4 is 14.8 Å². The van der Waals surface area contributed by atoms with Crippen LogP contribution in [-0.4, -0.2) is 27.5 Å². The first-order chi connectivity index (χ1) is 13.2. The molecule has 0 heterocycles. The monoisotopic (exact) mass is 444 g/mol. The molecule has 2 aromatic rings. The Bertz CT molecular complexity index is 964. The number of anilines is 1. The molecule has 0 saturated heterocycles. The first kappa shape index (κ1) is 22.5. The van der Waals surface area contributed by atoms with E-state index in [-0.39, 0.29) is 27.2 Å². The van der Waals surface area contributed by atoms with Crippen LogP contribution in [0.4, 0.5) is 5.69 Å². The average molecular weight is 445 g/mol. The van der Waals surface area contributed by atoms with Crippen molar-refractivity contribution in [2.45, 2.75) is 37.6 Å². The number of hydrogen-bond acceptors (Lipinski definition) is 4. The van der Waals surface area contributed by atoms with Gasteiger partial charge in [0.05, 0.1) is 28.3 Å². The van der Waals surface area contributed by atoms with Gasteiger partial charge in [-0.15, -0.1) is 0 Å². The molecule has 1 atom stereocenters. The van der Waals surface area contributed by atoms with Crippen molar-refractivity contribution in [3.05, 3.63) is 52.0 Å². The molecule has 9 heteroatoms. The molecule has 0 aliphatic rings. The Morgan fingerprint density at radius 3 is 2.50 bits per heavy atom. The van der Waals surface area contributed by atoms with Gasteiger partial charge in [-0.05, 0) is 49.7 Å². The number of nitrogens with one attached hydrogen (secondary N) is 2. The summed E-state index contributed by atoms with van der Waals surface area (Å²) in [6.45, 7) is 3.78. The molecule has 0 spiro atoms. The highest BCUT2D eigenvalue weighted by atomic mass is 35.5. The third kappa shape index (κ3) is 5.61. The number of carbonyl (C=O) groups excluding carboxylic acids is 1. The molecular weight excluding hydrogens is 423 g/mol. The summed E-state index contributed by atoms with van der Waals surface area (Å²) in [5, 5.41) is 3.23. The number of benzene rings is 2. The Balaban J connectivity index is 2.33. The fraction of sp³-hybridized carbons (Fsp3) is 0.316. The maximum Gasteiger partial charge on any atom is 0.257 e.